The maximum atomic E-state index is 6.18. The van der Waals surface area contributed by atoms with E-state index in [4.69, 9.17) is 4.74 Å². The number of pyridine rings is 1. The van der Waals surface area contributed by atoms with E-state index in [1.807, 2.05) is 60.7 Å². The highest BCUT2D eigenvalue weighted by molar-refractivity contribution is 6.04. The first kappa shape index (κ1) is 14.5. The Labute approximate surface area is 140 Å². The summed E-state index contributed by atoms with van der Waals surface area (Å²) in [6.07, 6.45) is 2.42. The molecule has 2 aromatic carbocycles. The van der Waals surface area contributed by atoms with Gasteiger partial charge in [0.2, 0.25) is 0 Å². The molecule has 0 saturated heterocycles. The van der Waals surface area contributed by atoms with Crippen LogP contribution in [0.1, 0.15) is 23.7 Å². The lowest BCUT2D eigenvalue weighted by atomic mass is 9.96. The number of nitrogens with zero attached hydrogens (tertiary/aromatic N) is 2. The summed E-state index contributed by atoms with van der Waals surface area (Å²) in [6, 6.07) is 24.0. The summed E-state index contributed by atoms with van der Waals surface area (Å²) < 4.78 is 6.18. The molecule has 1 aromatic heterocycles. The molecule has 1 atom stereocenters. The van der Waals surface area contributed by atoms with E-state index >= 15 is 0 Å². The van der Waals surface area contributed by atoms with Gasteiger partial charge in [0.25, 0.3) is 0 Å². The van der Waals surface area contributed by atoms with Gasteiger partial charge in [-0.2, -0.15) is 5.10 Å². The van der Waals surface area contributed by atoms with Crippen molar-refractivity contribution in [3.63, 3.8) is 0 Å². The molecular formula is C20H17N3O. The predicted molar refractivity (Wildman–Crippen MR) is 95.3 cm³/mol. The molecule has 0 amide bonds. The van der Waals surface area contributed by atoms with Crippen LogP contribution >= 0.6 is 0 Å². The van der Waals surface area contributed by atoms with Gasteiger partial charge in [0.15, 0.2) is 0 Å². The highest BCUT2D eigenvalue weighted by Crippen LogP contribution is 2.35. The molecule has 1 N–H and O–H groups in total. The number of nitrogens with one attached hydrogen (secondary N) is 1. The predicted octanol–water partition coefficient (Wildman–Crippen LogP) is 4.42. The zero-order chi connectivity index (χ0) is 16.2. The molecule has 2 heterocycles. The summed E-state index contributed by atoms with van der Waals surface area (Å²) in [7, 11) is 0. The Morgan fingerprint density at radius 1 is 0.917 bits per heavy atom. The molecule has 4 nitrogen and oxygen atoms in total. The van der Waals surface area contributed by atoms with E-state index in [0.717, 1.165) is 28.4 Å². The smallest absolute Gasteiger partial charge is 0.146 e. The number of benzene rings is 2. The van der Waals surface area contributed by atoms with Crippen molar-refractivity contribution in [3.05, 3.63) is 90.1 Å². The molecule has 0 aliphatic carbocycles. The van der Waals surface area contributed by atoms with Gasteiger partial charge in [-0.15, -0.1) is 0 Å². The van der Waals surface area contributed by atoms with Crippen LogP contribution in [0.2, 0.25) is 0 Å². The van der Waals surface area contributed by atoms with Gasteiger partial charge in [-0.05, 0) is 29.8 Å². The highest BCUT2D eigenvalue weighted by Gasteiger charge is 2.26. The number of anilines is 1. The summed E-state index contributed by atoms with van der Waals surface area (Å²) in [6.45, 7) is 0. The van der Waals surface area contributed by atoms with Crippen molar-refractivity contribution in [3.8, 4) is 5.75 Å². The van der Waals surface area contributed by atoms with Crippen LogP contribution in [-0.2, 0) is 0 Å². The van der Waals surface area contributed by atoms with Crippen LogP contribution in [0, 0.1) is 0 Å². The Morgan fingerprint density at radius 3 is 2.54 bits per heavy atom. The monoisotopic (exact) mass is 315 g/mol. The fraction of sp³-hybridized carbons (Fsp3) is 0.100. The minimum absolute atomic E-state index is 0.0367. The molecule has 0 radical (unpaired) electrons. The summed E-state index contributed by atoms with van der Waals surface area (Å²) in [4.78, 5) is 4.25. The first-order valence-electron chi connectivity index (χ1n) is 7.95. The van der Waals surface area contributed by atoms with Gasteiger partial charge in [-0.1, -0.05) is 48.5 Å². The van der Waals surface area contributed by atoms with Gasteiger partial charge in [0, 0.05) is 18.2 Å². The van der Waals surface area contributed by atoms with E-state index in [-0.39, 0.29) is 6.10 Å². The highest BCUT2D eigenvalue weighted by atomic mass is 16.5. The number of hydrazone groups is 1. The second kappa shape index (κ2) is 6.54. The molecule has 0 bridgehead atoms. The van der Waals surface area contributed by atoms with E-state index in [1.54, 1.807) is 6.20 Å². The molecule has 24 heavy (non-hydrogen) atoms. The van der Waals surface area contributed by atoms with E-state index in [2.05, 4.69) is 27.6 Å². The maximum absolute atomic E-state index is 6.18. The van der Waals surface area contributed by atoms with Crippen LogP contribution in [-0.4, -0.2) is 10.7 Å². The summed E-state index contributed by atoms with van der Waals surface area (Å²) >= 11 is 0. The lowest BCUT2D eigenvalue weighted by molar-refractivity contribution is 0.206. The number of fused-ring (bicyclic) bond motifs is 1. The molecule has 1 aliphatic rings. The third-order valence-electron chi connectivity index (χ3n) is 3.99. The van der Waals surface area contributed by atoms with Crippen molar-refractivity contribution < 1.29 is 4.74 Å². The summed E-state index contributed by atoms with van der Waals surface area (Å²) in [5.74, 6) is 1.59. The number of para-hydroxylation sites is 1. The molecule has 118 valence electrons. The fourth-order valence-corrected chi connectivity index (χ4v) is 2.80. The second-order valence-corrected chi connectivity index (χ2v) is 5.60. The first-order valence-corrected chi connectivity index (χ1v) is 7.95. The van der Waals surface area contributed by atoms with Crippen molar-refractivity contribution in [2.75, 3.05) is 5.43 Å². The minimum atomic E-state index is -0.0367. The van der Waals surface area contributed by atoms with Crippen LogP contribution < -0.4 is 10.2 Å². The largest absolute Gasteiger partial charge is 0.485 e. The van der Waals surface area contributed by atoms with Crippen LogP contribution in [0.3, 0.4) is 0 Å². The SMILES string of the molecule is c1ccc(C2C/C(=N/Nc3ccccn3)c3ccccc3O2)cc1. The van der Waals surface area contributed by atoms with Crippen LogP contribution in [0.4, 0.5) is 5.82 Å². The average molecular weight is 315 g/mol. The van der Waals surface area contributed by atoms with Gasteiger partial charge >= 0.3 is 0 Å². The van der Waals surface area contributed by atoms with Crippen molar-refractivity contribution in [2.45, 2.75) is 12.5 Å². The lowest BCUT2D eigenvalue weighted by Crippen LogP contribution is -2.21. The zero-order valence-corrected chi connectivity index (χ0v) is 13.1. The first-order chi connectivity index (χ1) is 11.9. The summed E-state index contributed by atoms with van der Waals surface area (Å²) in [5.41, 5.74) is 6.19. The number of ether oxygens (including phenoxy) is 1. The zero-order valence-electron chi connectivity index (χ0n) is 13.1. The third-order valence-corrected chi connectivity index (χ3v) is 3.99. The van der Waals surface area contributed by atoms with Crippen molar-refractivity contribution in [2.24, 2.45) is 5.10 Å². The maximum Gasteiger partial charge on any atom is 0.146 e. The van der Waals surface area contributed by atoms with Crippen molar-refractivity contribution >= 4 is 11.5 Å². The number of rotatable bonds is 3. The fourth-order valence-electron chi connectivity index (χ4n) is 2.80. The minimum Gasteiger partial charge on any atom is -0.485 e. The van der Waals surface area contributed by atoms with Gasteiger partial charge in [0.1, 0.15) is 17.7 Å². The molecule has 0 fully saturated rings. The van der Waals surface area contributed by atoms with Crippen LogP contribution in [0.15, 0.2) is 84.1 Å². The molecule has 0 saturated carbocycles. The Balaban J connectivity index is 1.67. The van der Waals surface area contributed by atoms with Crippen molar-refractivity contribution in [1.29, 1.82) is 0 Å². The number of hydrogen-bond acceptors (Lipinski definition) is 4. The molecule has 0 spiro atoms. The Kier molecular flexibility index (Phi) is 3.94. The Morgan fingerprint density at radius 2 is 1.71 bits per heavy atom. The molecule has 4 heteroatoms. The topological polar surface area (TPSA) is 46.5 Å². The normalized spacial score (nSPS) is 17.8. The Bertz CT molecular complexity index is 847. The Hall–Kier alpha value is -3.14. The quantitative estimate of drug-likeness (QED) is 0.728. The number of hydrogen-bond donors (Lipinski definition) is 1. The lowest BCUT2D eigenvalue weighted by Gasteiger charge is -2.27. The van der Waals surface area contributed by atoms with Gasteiger partial charge in [0.05, 0.1) is 5.71 Å². The van der Waals surface area contributed by atoms with E-state index in [0.29, 0.717) is 6.42 Å². The van der Waals surface area contributed by atoms with E-state index in [1.165, 1.54) is 0 Å². The molecule has 1 unspecified atom stereocenters. The van der Waals surface area contributed by atoms with E-state index in [9.17, 15) is 0 Å². The summed E-state index contributed by atoms with van der Waals surface area (Å²) in [5, 5.41) is 4.59. The van der Waals surface area contributed by atoms with Crippen LogP contribution in [0.5, 0.6) is 5.75 Å². The van der Waals surface area contributed by atoms with Gasteiger partial charge in [-0.3, -0.25) is 5.43 Å². The number of aromatic nitrogens is 1. The molecule has 1 aliphatic heterocycles. The molecule has 3 aromatic rings. The van der Waals surface area contributed by atoms with Crippen molar-refractivity contribution in [1.82, 2.24) is 4.98 Å². The van der Waals surface area contributed by atoms with E-state index < -0.39 is 0 Å². The molecular weight excluding hydrogens is 298 g/mol. The van der Waals surface area contributed by atoms with Gasteiger partial charge < -0.3 is 4.74 Å². The average Bonchev–Trinajstić information content (AvgIpc) is 2.67. The van der Waals surface area contributed by atoms with Crippen LogP contribution in [0.25, 0.3) is 0 Å². The standard InChI is InChI=1S/C20H17N3O/c1-2-8-15(9-3-1)19-14-17(16-10-4-5-11-18(16)24-19)22-23-20-12-6-7-13-21-20/h1-13,19H,14H2,(H,21,23)/b22-17-. The molecule has 4 rings (SSSR count). The second-order valence-electron chi connectivity index (χ2n) is 5.60. The third kappa shape index (κ3) is 2.99. The van der Waals surface area contributed by atoms with Gasteiger partial charge in [-0.25, -0.2) is 4.98 Å².